The molecule has 0 aliphatic carbocycles. The number of hydrogen-bond acceptors (Lipinski definition) is 6. The summed E-state index contributed by atoms with van der Waals surface area (Å²) in [6.45, 7) is 2.42. The van der Waals surface area contributed by atoms with Crippen molar-refractivity contribution in [3.63, 3.8) is 0 Å². The van der Waals surface area contributed by atoms with E-state index in [2.05, 4.69) is 10.4 Å². The Morgan fingerprint density at radius 2 is 1.86 bits per heavy atom. The number of rotatable bonds is 7. The lowest BCUT2D eigenvalue weighted by molar-refractivity contribution is -0.384. The second-order valence-corrected chi connectivity index (χ2v) is 10.8. The van der Waals surface area contributed by atoms with Crippen LogP contribution in [0.25, 0.3) is 0 Å². The fourth-order valence-electron chi connectivity index (χ4n) is 4.02. The molecule has 1 aromatic heterocycles. The van der Waals surface area contributed by atoms with Gasteiger partial charge in [-0.3, -0.25) is 19.6 Å². The van der Waals surface area contributed by atoms with Gasteiger partial charge in [-0.05, 0) is 49.6 Å². The highest BCUT2D eigenvalue weighted by atomic mass is 35.5. The molecule has 1 amide bonds. The zero-order valence-electron chi connectivity index (χ0n) is 19.2. The molecule has 1 N–H and O–H groups in total. The van der Waals surface area contributed by atoms with Crippen LogP contribution in [0.2, 0.25) is 5.02 Å². The number of aryl methyl sites for hydroxylation is 1. The van der Waals surface area contributed by atoms with E-state index in [0.717, 1.165) is 17.8 Å². The first-order valence-corrected chi connectivity index (χ1v) is 12.9. The first-order chi connectivity index (χ1) is 17.0. The molecule has 1 saturated heterocycles. The van der Waals surface area contributed by atoms with Crippen LogP contribution in [0.1, 0.15) is 24.1 Å². The van der Waals surface area contributed by atoms with Gasteiger partial charge in [-0.1, -0.05) is 17.7 Å². The Bertz CT molecular complexity index is 1400. The summed E-state index contributed by atoms with van der Waals surface area (Å²) in [7, 11) is -3.82. The monoisotopic (exact) mass is 535 g/mol. The van der Waals surface area contributed by atoms with E-state index in [0.29, 0.717) is 30.8 Å². The summed E-state index contributed by atoms with van der Waals surface area (Å²) in [6.07, 6.45) is 0.645. The molecule has 190 valence electrons. The summed E-state index contributed by atoms with van der Waals surface area (Å²) in [5.74, 6) is -0.727. The van der Waals surface area contributed by atoms with E-state index >= 15 is 0 Å². The lowest BCUT2D eigenvalue weighted by atomic mass is 9.97. The maximum atomic E-state index is 13.3. The average Bonchev–Trinajstić information content (AvgIpc) is 3.19. The molecule has 10 nitrogen and oxygen atoms in total. The van der Waals surface area contributed by atoms with Crippen LogP contribution in [-0.2, 0) is 21.4 Å². The second-order valence-electron chi connectivity index (χ2n) is 8.48. The van der Waals surface area contributed by atoms with E-state index in [1.165, 1.54) is 28.6 Å². The van der Waals surface area contributed by atoms with Gasteiger partial charge < -0.3 is 5.32 Å². The first kappa shape index (κ1) is 25.7. The number of nitro benzene ring substituents is 1. The lowest BCUT2D eigenvalue weighted by Crippen LogP contribution is -2.41. The van der Waals surface area contributed by atoms with Gasteiger partial charge in [0.05, 0.1) is 16.4 Å². The van der Waals surface area contributed by atoms with Crippen LogP contribution in [0, 0.1) is 28.8 Å². The van der Waals surface area contributed by atoms with Crippen molar-refractivity contribution in [2.24, 2.45) is 5.92 Å². The molecule has 0 atom stereocenters. The highest BCUT2D eigenvalue weighted by Gasteiger charge is 2.32. The number of aromatic nitrogens is 2. The van der Waals surface area contributed by atoms with E-state index in [9.17, 15) is 27.7 Å². The zero-order chi connectivity index (χ0) is 26.0. The second kappa shape index (κ2) is 10.3. The Kier molecular flexibility index (Phi) is 7.38. The van der Waals surface area contributed by atoms with Crippen LogP contribution >= 0.6 is 11.6 Å². The van der Waals surface area contributed by atoms with Gasteiger partial charge in [-0.15, -0.1) is 0 Å². The van der Waals surface area contributed by atoms with E-state index in [1.54, 1.807) is 16.8 Å². The van der Waals surface area contributed by atoms with Crippen LogP contribution in [0.3, 0.4) is 0 Å². The molecule has 0 radical (unpaired) electrons. The fraction of sp³-hybridized carbons (Fsp3) is 0.304. The number of anilines is 1. The molecule has 1 aliphatic rings. The number of nitrogens with zero attached hydrogens (tertiary/aromatic N) is 4. The maximum Gasteiger partial charge on any atom is 0.269 e. The van der Waals surface area contributed by atoms with Crippen molar-refractivity contribution >= 4 is 39.0 Å². The third kappa shape index (κ3) is 5.55. The largest absolute Gasteiger partial charge is 0.309 e. The summed E-state index contributed by atoms with van der Waals surface area (Å²) in [4.78, 5) is 23.0. The standard InChI is InChI=1S/C23H23ClFN5O5S/c1-15-12-22(27-29(15)14-17-2-3-18(25)13-21(17)24)26-23(31)16-8-10-28(11-9-16)36(34,35)20-6-4-19(5-7-20)30(32)33/h2-7,12-13,16H,8-11,14H2,1H3,(H,26,27,31). The number of benzene rings is 2. The molecule has 0 spiro atoms. The predicted molar refractivity (Wildman–Crippen MR) is 131 cm³/mol. The van der Waals surface area contributed by atoms with Crippen molar-refractivity contribution in [3.8, 4) is 0 Å². The van der Waals surface area contributed by atoms with E-state index in [4.69, 9.17) is 11.6 Å². The molecule has 0 bridgehead atoms. The molecule has 0 unspecified atom stereocenters. The molecular formula is C23H23ClFN5O5S. The molecule has 36 heavy (non-hydrogen) atoms. The normalized spacial score (nSPS) is 15.1. The minimum Gasteiger partial charge on any atom is -0.309 e. The van der Waals surface area contributed by atoms with Crippen LogP contribution in [0.15, 0.2) is 53.4 Å². The SMILES string of the molecule is Cc1cc(NC(=O)C2CCN(S(=O)(=O)c3ccc([N+](=O)[O-])cc3)CC2)nn1Cc1ccc(F)cc1Cl. The third-order valence-electron chi connectivity index (χ3n) is 6.08. The lowest BCUT2D eigenvalue weighted by Gasteiger charge is -2.30. The minimum absolute atomic E-state index is 0.0294. The van der Waals surface area contributed by atoms with Gasteiger partial charge in [-0.2, -0.15) is 9.40 Å². The Morgan fingerprint density at radius 3 is 2.47 bits per heavy atom. The van der Waals surface area contributed by atoms with E-state index in [1.807, 2.05) is 6.92 Å². The topological polar surface area (TPSA) is 127 Å². The Hall–Kier alpha value is -3.35. The smallest absolute Gasteiger partial charge is 0.269 e. The molecule has 2 heterocycles. The summed E-state index contributed by atoms with van der Waals surface area (Å²) in [5.41, 5.74) is 1.27. The number of piperidine rings is 1. The predicted octanol–water partition coefficient (Wildman–Crippen LogP) is 3.98. The number of amides is 1. The Morgan fingerprint density at radius 1 is 1.19 bits per heavy atom. The molecule has 2 aromatic carbocycles. The number of carbonyl (C=O) groups excluding carboxylic acids is 1. The average molecular weight is 536 g/mol. The van der Waals surface area contributed by atoms with Gasteiger partial charge in [0.1, 0.15) is 5.82 Å². The van der Waals surface area contributed by atoms with Crippen molar-refractivity contribution in [2.75, 3.05) is 18.4 Å². The minimum atomic E-state index is -3.82. The van der Waals surface area contributed by atoms with E-state index < -0.39 is 26.7 Å². The van der Waals surface area contributed by atoms with Crippen LogP contribution in [0.5, 0.6) is 0 Å². The molecule has 4 rings (SSSR count). The van der Waals surface area contributed by atoms with Crippen molar-refractivity contribution in [2.45, 2.75) is 31.2 Å². The van der Waals surface area contributed by atoms with Crippen molar-refractivity contribution in [1.82, 2.24) is 14.1 Å². The zero-order valence-corrected chi connectivity index (χ0v) is 20.8. The number of sulfonamides is 1. The number of nitro groups is 1. The Balaban J connectivity index is 1.36. The highest BCUT2D eigenvalue weighted by molar-refractivity contribution is 7.89. The summed E-state index contributed by atoms with van der Waals surface area (Å²) in [5, 5.41) is 18.3. The molecule has 0 saturated carbocycles. The molecule has 3 aromatic rings. The third-order valence-corrected chi connectivity index (χ3v) is 8.34. The number of carbonyl (C=O) groups is 1. The molecule has 1 fully saturated rings. The van der Waals surface area contributed by atoms with Gasteiger partial charge in [0.2, 0.25) is 15.9 Å². The van der Waals surface area contributed by atoms with Crippen LogP contribution < -0.4 is 5.32 Å². The van der Waals surface area contributed by atoms with Crippen LogP contribution in [0.4, 0.5) is 15.9 Å². The summed E-state index contributed by atoms with van der Waals surface area (Å²) < 4.78 is 42.0. The van der Waals surface area contributed by atoms with Gasteiger partial charge in [0.15, 0.2) is 5.82 Å². The fourth-order valence-corrected chi connectivity index (χ4v) is 5.71. The summed E-state index contributed by atoms with van der Waals surface area (Å²) in [6, 6.07) is 10.6. The van der Waals surface area contributed by atoms with Crippen LogP contribution in [-0.4, -0.2) is 46.4 Å². The van der Waals surface area contributed by atoms with Gasteiger partial charge >= 0.3 is 0 Å². The van der Waals surface area contributed by atoms with Gasteiger partial charge in [0, 0.05) is 47.9 Å². The van der Waals surface area contributed by atoms with Gasteiger partial charge in [0.25, 0.3) is 5.69 Å². The first-order valence-electron chi connectivity index (χ1n) is 11.1. The number of nitrogens with one attached hydrogen (secondary N) is 1. The van der Waals surface area contributed by atoms with E-state index in [-0.39, 0.29) is 34.6 Å². The number of non-ortho nitro benzene ring substituents is 1. The quantitative estimate of drug-likeness (QED) is 0.360. The maximum absolute atomic E-state index is 13.3. The highest BCUT2D eigenvalue weighted by Crippen LogP contribution is 2.26. The number of hydrogen-bond donors (Lipinski definition) is 1. The molecule has 13 heteroatoms. The summed E-state index contributed by atoms with van der Waals surface area (Å²) >= 11 is 6.10. The molecular weight excluding hydrogens is 513 g/mol. The molecule has 1 aliphatic heterocycles. The number of halogens is 2. The Labute approximate surface area is 211 Å². The van der Waals surface area contributed by atoms with Crippen molar-refractivity contribution in [3.05, 3.63) is 80.7 Å². The van der Waals surface area contributed by atoms with Crippen molar-refractivity contribution < 1.29 is 22.5 Å². The van der Waals surface area contributed by atoms with Crippen molar-refractivity contribution in [1.29, 1.82) is 0 Å². The van der Waals surface area contributed by atoms with Gasteiger partial charge in [-0.25, -0.2) is 12.8 Å².